The fourth-order valence-corrected chi connectivity index (χ4v) is 2.70. The third-order valence-corrected chi connectivity index (χ3v) is 3.71. The summed E-state index contributed by atoms with van der Waals surface area (Å²) in [5.74, 6) is 0.386. The molecule has 2 aliphatic heterocycles. The van der Waals surface area contributed by atoms with Crippen LogP contribution in [0.2, 0.25) is 0 Å². The minimum Gasteiger partial charge on any atom is -0.312 e. The highest BCUT2D eigenvalue weighted by Gasteiger charge is 2.47. The lowest BCUT2D eigenvalue weighted by molar-refractivity contribution is -0.120. The van der Waals surface area contributed by atoms with Crippen molar-refractivity contribution in [3.05, 3.63) is 24.5 Å². The Bertz CT molecular complexity index is 488. The number of hydrogen-bond donors (Lipinski definition) is 0. The lowest BCUT2D eigenvalue weighted by atomic mass is 9.93. The number of pyridine rings is 1. The molecule has 0 radical (unpaired) electrons. The Morgan fingerprint density at radius 1 is 1.39 bits per heavy atom. The maximum Gasteiger partial charge on any atom is 0.332 e. The first kappa shape index (κ1) is 11.2. The molecule has 2 saturated heterocycles. The first-order valence-corrected chi connectivity index (χ1v) is 6.23. The van der Waals surface area contributed by atoms with E-state index in [-0.39, 0.29) is 18.0 Å². The molecular weight excluding hydrogens is 230 g/mol. The normalized spacial score (nSPS) is 27.6. The number of urea groups is 1. The minimum absolute atomic E-state index is 0.112. The van der Waals surface area contributed by atoms with Gasteiger partial charge >= 0.3 is 6.03 Å². The van der Waals surface area contributed by atoms with E-state index in [0.717, 1.165) is 12.8 Å². The quantitative estimate of drug-likeness (QED) is 0.707. The van der Waals surface area contributed by atoms with Gasteiger partial charge in [0, 0.05) is 12.7 Å². The van der Waals surface area contributed by atoms with Gasteiger partial charge in [-0.3, -0.25) is 9.78 Å². The zero-order chi connectivity index (χ0) is 12.7. The predicted octanol–water partition coefficient (Wildman–Crippen LogP) is 1.65. The number of imide groups is 1. The Labute approximate surface area is 105 Å². The van der Waals surface area contributed by atoms with Crippen LogP contribution in [-0.4, -0.2) is 34.4 Å². The van der Waals surface area contributed by atoms with Crippen LogP contribution in [0.4, 0.5) is 10.5 Å². The van der Waals surface area contributed by atoms with Gasteiger partial charge in [0.05, 0.1) is 11.9 Å². The van der Waals surface area contributed by atoms with E-state index in [4.69, 9.17) is 0 Å². The van der Waals surface area contributed by atoms with Crippen molar-refractivity contribution in [3.8, 4) is 0 Å². The van der Waals surface area contributed by atoms with Crippen molar-refractivity contribution in [3.63, 3.8) is 0 Å². The molecular formula is C13H15N3O2. The molecule has 0 saturated carbocycles. The van der Waals surface area contributed by atoms with E-state index in [2.05, 4.69) is 11.9 Å². The van der Waals surface area contributed by atoms with Gasteiger partial charge in [-0.15, -0.1) is 0 Å². The van der Waals surface area contributed by atoms with Crippen molar-refractivity contribution in [2.24, 2.45) is 5.92 Å². The van der Waals surface area contributed by atoms with Crippen molar-refractivity contribution >= 4 is 17.6 Å². The molecule has 5 heteroatoms. The minimum atomic E-state index is -0.276. The lowest BCUT2D eigenvalue weighted by Gasteiger charge is -2.30. The van der Waals surface area contributed by atoms with E-state index in [0.29, 0.717) is 18.2 Å². The molecule has 94 valence electrons. The first-order chi connectivity index (χ1) is 8.68. The molecule has 3 rings (SSSR count). The van der Waals surface area contributed by atoms with Crippen molar-refractivity contribution < 1.29 is 9.59 Å². The maximum atomic E-state index is 12.3. The number of piperidine rings is 1. The van der Waals surface area contributed by atoms with Gasteiger partial charge in [-0.1, -0.05) is 6.92 Å². The molecule has 2 atom stereocenters. The van der Waals surface area contributed by atoms with Gasteiger partial charge in [-0.05, 0) is 30.9 Å². The number of carbonyl (C=O) groups excluding carboxylic acids is 2. The summed E-state index contributed by atoms with van der Waals surface area (Å²) in [5, 5.41) is 0. The number of aromatic nitrogens is 1. The van der Waals surface area contributed by atoms with Crippen LogP contribution < -0.4 is 4.90 Å². The van der Waals surface area contributed by atoms with E-state index in [1.165, 1.54) is 4.90 Å². The summed E-state index contributed by atoms with van der Waals surface area (Å²) < 4.78 is 0. The summed E-state index contributed by atoms with van der Waals surface area (Å²) in [5.41, 5.74) is 0.564. The standard InChI is InChI=1S/C13H15N3O2/c1-9-4-6-15-11(7-9)12(17)16(13(15)18)10-3-2-5-14-8-10/h2-3,5,8-9,11H,4,6-7H2,1H3. The predicted molar refractivity (Wildman–Crippen MR) is 66.0 cm³/mol. The van der Waals surface area contributed by atoms with Gasteiger partial charge < -0.3 is 4.90 Å². The van der Waals surface area contributed by atoms with E-state index < -0.39 is 0 Å². The number of hydrogen-bond acceptors (Lipinski definition) is 3. The summed E-state index contributed by atoms with van der Waals surface area (Å²) in [6.45, 7) is 2.80. The van der Waals surface area contributed by atoms with Crippen LogP contribution in [0.3, 0.4) is 0 Å². The number of rotatable bonds is 1. The third kappa shape index (κ3) is 1.58. The fourth-order valence-electron chi connectivity index (χ4n) is 2.70. The van der Waals surface area contributed by atoms with E-state index >= 15 is 0 Å². The van der Waals surface area contributed by atoms with Crippen LogP contribution in [0.15, 0.2) is 24.5 Å². The summed E-state index contributed by atoms with van der Waals surface area (Å²) in [4.78, 5) is 31.5. The highest BCUT2D eigenvalue weighted by atomic mass is 16.2. The molecule has 5 nitrogen and oxygen atoms in total. The number of fused-ring (bicyclic) bond motifs is 1. The summed E-state index contributed by atoms with van der Waals surface area (Å²) in [6.07, 6.45) is 4.92. The monoisotopic (exact) mass is 245 g/mol. The molecule has 0 bridgehead atoms. The molecule has 18 heavy (non-hydrogen) atoms. The Kier molecular flexibility index (Phi) is 2.54. The molecule has 1 aromatic rings. The van der Waals surface area contributed by atoms with Gasteiger partial charge in [-0.2, -0.15) is 0 Å². The SMILES string of the molecule is CC1CCN2C(=O)N(c3cccnc3)C(=O)C2C1. The fraction of sp³-hybridized carbons (Fsp3) is 0.462. The van der Waals surface area contributed by atoms with Crippen molar-refractivity contribution in [2.75, 3.05) is 11.4 Å². The summed E-state index contributed by atoms with van der Waals surface area (Å²) >= 11 is 0. The average molecular weight is 245 g/mol. The topological polar surface area (TPSA) is 53.5 Å². The zero-order valence-electron chi connectivity index (χ0n) is 10.2. The van der Waals surface area contributed by atoms with Crippen LogP contribution in [0, 0.1) is 5.92 Å². The van der Waals surface area contributed by atoms with Gasteiger partial charge in [0.2, 0.25) is 0 Å². The Morgan fingerprint density at radius 2 is 2.22 bits per heavy atom. The Balaban J connectivity index is 1.94. The van der Waals surface area contributed by atoms with Crippen LogP contribution in [0.25, 0.3) is 0 Å². The van der Waals surface area contributed by atoms with Gasteiger partial charge in [0.1, 0.15) is 6.04 Å². The maximum absolute atomic E-state index is 12.3. The number of nitrogens with zero attached hydrogens (tertiary/aromatic N) is 3. The molecule has 0 spiro atoms. The summed E-state index contributed by atoms with van der Waals surface area (Å²) in [6, 6.07) is 2.99. The molecule has 0 aliphatic carbocycles. The molecule has 3 heterocycles. The van der Waals surface area contributed by atoms with E-state index in [1.807, 2.05) is 0 Å². The third-order valence-electron chi connectivity index (χ3n) is 3.71. The highest BCUT2D eigenvalue weighted by Crippen LogP contribution is 2.32. The second-order valence-corrected chi connectivity index (χ2v) is 5.01. The molecule has 2 aliphatic rings. The Morgan fingerprint density at radius 3 is 2.94 bits per heavy atom. The van der Waals surface area contributed by atoms with Crippen molar-refractivity contribution in [2.45, 2.75) is 25.8 Å². The first-order valence-electron chi connectivity index (χ1n) is 6.23. The molecule has 3 amide bonds. The van der Waals surface area contributed by atoms with Crippen molar-refractivity contribution in [1.29, 1.82) is 0 Å². The average Bonchev–Trinajstić information content (AvgIpc) is 2.63. The van der Waals surface area contributed by atoms with Crippen LogP contribution >= 0.6 is 0 Å². The number of carbonyl (C=O) groups is 2. The van der Waals surface area contributed by atoms with Gasteiger partial charge in [-0.25, -0.2) is 9.69 Å². The number of anilines is 1. The Hall–Kier alpha value is -1.91. The van der Waals surface area contributed by atoms with Crippen molar-refractivity contribution in [1.82, 2.24) is 9.88 Å². The second-order valence-electron chi connectivity index (χ2n) is 5.01. The molecule has 2 fully saturated rings. The molecule has 2 unspecified atom stereocenters. The van der Waals surface area contributed by atoms with Crippen LogP contribution in [-0.2, 0) is 4.79 Å². The summed E-state index contributed by atoms with van der Waals surface area (Å²) in [7, 11) is 0. The zero-order valence-corrected chi connectivity index (χ0v) is 10.2. The largest absolute Gasteiger partial charge is 0.332 e. The molecule has 0 aromatic carbocycles. The van der Waals surface area contributed by atoms with Gasteiger partial charge in [0.25, 0.3) is 5.91 Å². The highest BCUT2D eigenvalue weighted by molar-refractivity contribution is 6.21. The van der Waals surface area contributed by atoms with Crippen LogP contribution in [0.5, 0.6) is 0 Å². The second kappa shape index (κ2) is 4.08. The smallest absolute Gasteiger partial charge is 0.312 e. The number of amides is 3. The van der Waals surface area contributed by atoms with Crippen LogP contribution in [0.1, 0.15) is 19.8 Å². The van der Waals surface area contributed by atoms with E-state index in [9.17, 15) is 9.59 Å². The van der Waals surface area contributed by atoms with Gasteiger partial charge in [0.15, 0.2) is 0 Å². The van der Waals surface area contributed by atoms with E-state index in [1.54, 1.807) is 29.4 Å². The lowest BCUT2D eigenvalue weighted by Crippen LogP contribution is -2.41. The molecule has 0 N–H and O–H groups in total. The molecule has 1 aromatic heterocycles.